The summed E-state index contributed by atoms with van der Waals surface area (Å²) in [6.07, 6.45) is 1.64. The molecule has 0 saturated carbocycles. The number of nitrogens with two attached hydrogens (primary N) is 1. The second-order valence-electron chi connectivity index (χ2n) is 4.46. The monoisotopic (exact) mass is 300 g/mol. The molecule has 0 spiro atoms. The third-order valence-corrected chi connectivity index (χ3v) is 4.18. The molecule has 0 radical (unpaired) electrons. The summed E-state index contributed by atoms with van der Waals surface area (Å²) in [5.74, 6) is 0.361. The van der Waals surface area contributed by atoms with E-state index in [-0.39, 0.29) is 5.82 Å². The Balaban J connectivity index is 2.11. The van der Waals surface area contributed by atoms with E-state index >= 15 is 0 Å². The van der Waals surface area contributed by atoms with Gasteiger partial charge in [-0.05, 0) is 36.4 Å². The number of ether oxygens (including phenoxy) is 1. The summed E-state index contributed by atoms with van der Waals surface area (Å²) < 4.78 is 19.5. The highest BCUT2D eigenvalue weighted by molar-refractivity contribution is 7.99. The highest BCUT2D eigenvalue weighted by atomic mass is 32.2. The number of methoxy groups -OCH3 is 1. The van der Waals surface area contributed by atoms with Gasteiger partial charge in [-0.15, -0.1) is 0 Å². The Morgan fingerprint density at radius 1 is 1.19 bits per heavy atom. The van der Waals surface area contributed by atoms with Crippen LogP contribution in [0.4, 0.5) is 10.1 Å². The number of benzene rings is 2. The lowest BCUT2D eigenvalue weighted by Gasteiger charge is -2.10. The zero-order chi connectivity index (χ0) is 14.8. The van der Waals surface area contributed by atoms with E-state index in [4.69, 9.17) is 10.5 Å². The molecule has 0 fully saturated rings. The first-order chi connectivity index (χ1) is 10.2. The van der Waals surface area contributed by atoms with Crippen LogP contribution in [0.25, 0.3) is 10.9 Å². The predicted molar refractivity (Wildman–Crippen MR) is 83.2 cm³/mol. The number of fused-ring (bicyclic) bond motifs is 1. The molecular weight excluding hydrogens is 287 g/mol. The lowest BCUT2D eigenvalue weighted by Crippen LogP contribution is -1.94. The smallest absolute Gasteiger partial charge is 0.141 e. The summed E-state index contributed by atoms with van der Waals surface area (Å²) >= 11 is 1.31. The summed E-state index contributed by atoms with van der Waals surface area (Å²) in [5.41, 5.74) is 6.82. The van der Waals surface area contributed by atoms with Crippen LogP contribution in [0.3, 0.4) is 0 Å². The van der Waals surface area contributed by atoms with E-state index in [1.165, 1.54) is 17.8 Å². The van der Waals surface area contributed by atoms with E-state index in [2.05, 4.69) is 4.98 Å². The van der Waals surface area contributed by atoms with E-state index in [1.807, 2.05) is 30.3 Å². The molecule has 0 saturated heterocycles. The molecule has 2 aromatic carbocycles. The maximum Gasteiger partial charge on any atom is 0.141 e. The first-order valence-corrected chi connectivity index (χ1v) is 7.15. The molecule has 3 rings (SSSR count). The Kier molecular flexibility index (Phi) is 3.66. The Morgan fingerprint density at radius 2 is 2.05 bits per heavy atom. The standard InChI is InChI=1S/C16H13FN2OS/c1-20-10-4-2-5-11(8-10)21-16-13(17)9-14(18)12-6-3-7-19-15(12)16/h2-9H,18H2,1H3. The SMILES string of the molecule is COc1cccc(Sc2c(F)cc(N)c3cccnc23)c1. The molecule has 1 aromatic heterocycles. The van der Waals surface area contributed by atoms with Crippen LogP contribution >= 0.6 is 11.8 Å². The van der Waals surface area contributed by atoms with Crippen molar-refractivity contribution in [1.29, 1.82) is 0 Å². The second-order valence-corrected chi connectivity index (χ2v) is 5.54. The zero-order valence-electron chi connectivity index (χ0n) is 11.3. The fourth-order valence-corrected chi connectivity index (χ4v) is 3.06. The molecule has 0 amide bonds. The first kappa shape index (κ1) is 13.7. The van der Waals surface area contributed by atoms with Gasteiger partial charge in [0.05, 0.1) is 17.5 Å². The summed E-state index contributed by atoms with van der Waals surface area (Å²) in [4.78, 5) is 5.61. The van der Waals surface area contributed by atoms with E-state index in [0.29, 0.717) is 16.1 Å². The molecule has 0 aliphatic rings. The number of nitrogen functional groups attached to an aromatic ring is 1. The molecule has 0 atom stereocenters. The van der Waals surface area contributed by atoms with Gasteiger partial charge >= 0.3 is 0 Å². The van der Waals surface area contributed by atoms with Crippen LogP contribution in [0.5, 0.6) is 5.75 Å². The molecule has 5 heteroatoms. The minimum Gasteiger partial charge on any atom is -0.497 e. The number of halogens is 1. The number of pyridine rings is 1. The van der Waals surface area contributed by atoms with Crippen LogP contribution in [-0.2, 0) is 0 Å². The summed E-state index contributed by atoms with van der Waals surface area (Å²) in [6.45, 7) is 0. The van der Waals surface area contributed by atoms with Gasteiger partial charge in [0, 0.05) is 22.2 Å². The van der Waals surface area contributed by atoms with Gasteiger partial charge in [0.25, 0.3) is 0 Å². The fraction of sp³-hybridized carbons (Fsp3) is 0.0625. The van der Waals surface area contributed by atoms with Crippen molar-refractivity contribution in [1.82, 2.24) is 4.98 Å². The molecule has 2 N–H and O–H groups in total. The lowest BCUT2D eigenvalue weighted by molar-refractivity contribution is 0.413. The first-order valence-electron chi connectivity index (χ1n) is 6.33. The summed E-state index contributed by atoms with van der Waals surface area (Å²) in [7, 11) is 1.60. The molecule has 0 aliphatic heterocycles. The van der Waals surface area contributed by atoms with Gasteiger partial charge in [-0.3, -0.25) is 4.98 Å². The number of aromatic nitrogens is 1. The maximum atomic E-state index is 14.3. The van der Waals surface area contributed by atoms with Crippen LogP contribution < -0.4 is 10.5 Å². The average Bonchev–Trinajstić information content (AvgIpc) is 2.51. The molecule has 21 heavy (non-hydrogen) atoms. The van der Waals surface area contributed by atoms with Crippen molar-refractivity contribution < 1.29 is 9.13 Å². The summed E-state index contributed by atoms with van der Waals surface area (Å²) in [6, 6.07) is 12.4. The number of hydrogen-bond acceptors (Lipinski definition) is 4. The van der Waals surface area contributed by atoms with Gasteiger partial charge in [0.1, 0.15) is 11.6 Å². The van der Waals surface area contributed by atoms with Crippen molar-refractivity contribution in [2.75, 3.05) is 12.8 Å². The van der Waals surface area contributed by atoms with Crippen LogP contribution in [0.2, 0.25) is 0 Å². The third-order valence-electron chi connectivity index (χ3n) is 3.09. The van der Waals surface area contributed by atoms with Gasteiger partial charge in [-0.25, -0.2) is 4.39 Å². The highest BCUT2D eigenvalue weighted by Gasteiger charge is 2.13. The van der Waals surface area contributed by atoms with Crippen LogP contribution in [0, 0.1) is 5.82 Å². The highest BCUT2D eigenvalue weighted by Crippen LogP contribution is 2.37. The van der Waals surface area contributed by atoms with Crippen LogP contribution in [0.1, 0.15) is 0 Å². The van der Waals surface area contributed by atoms with Gasteiger partial charge in [-0.2, -0.15) is 0 Å². The predicted octanol–water partition coefficient (Wildman–Crippen LogP) is 4.12. The molecule has 3 aromatic rings. The van der Waals surface area contributed by atoms with Crippen molar-refractivity contribution >= 4 is 28.4 Å². The van der Waals surface area contributed by atoms with Crippen molar-refractivity contribution in [3.8, 4) is 5.75 Å². The summed E-state index contributed by atoms with van der Waals surface area (Å²) in [5, 5.41) is 0.754. The van der Waals surface area contributed by atoms with Crippen molar-refractivity contribution in [2.24, 2.45) is 0 Å². The topological polar surface area (TPSA) is 48.1 Å². The quantitative estimate of drug-likeness (QED) is 0.739. The molecule has 106 valence electrons. The number of hydrogen-bond donors (Lipinski definition) is 1. The van der Waals surface area contributed by atoms with Gasteiger partial charge in [0.2, 0.25) is 0 Å². The van der Waals surface area contributed by atoms with Gasteiger partial charge in [0.15, 0.2) is 0 Å². The molecule has 0 bridgehead atoms. The molecule has 3 nitrogen and oxygen atoms in total. The molecule has 0 aliphatic carbocycles. The Labute approximate surface area is 125 Å². The molecule has 1 heterocycles. The van der Waals surface area contributed by atoms with Crippen LogP contribution in [0.15, 0.2) is 58.5 Å². The van der Waals surface area contributed by atoms with E-state index in [1.54, 1.807) is 19.4 Å². The van der Waals surface area contributed by atoms with Crippen molar-refractivity contribution in [3.63, 3.8) is 0 Å². The van der Waals surface area contributed by atoms with Crippen LogP contribution in [-0.4, -0.2) is 12.1 Å². The average molecular weight is 300 g/mol. The number of rotatable bonds is 3. The van der Waals surface area contributed by atoms with Crippen molar-refractivity contribution in [3.05, 3.63) is 54.5 Å². The molecular formula is C16H13FN2OS. The number of nitrogens with zero attached hydrogens (tertiary/aromatic N) is 1. The normalized spacial score (nSPS) is 10.8. The van der Waals surface area contributed by atoms with Gasteiger partial charge in [-0.1, -0.05) is 17.8 Å². The lowest BCUT2D eigenvalue weighted by atomic mass is 10.2. The fourth-order valence-electron chi connectivity index (χ4n) is 2.09. The Bertz CT molecular complexity index is 807. The van der Waals surface area contributed by atoms with E-state index in [0.717, 1.165) is 16.0 Å². The maximum absolute atomic E-state index is 14.3. The Morgan fingerprint density at radius 3 is 2.86 bits per heavy atom. The zero-order valence-corrected chi connectivity index (χ0v) is 12.2. The minimum atomic E-state index is -0.369. The number of anilines is 1. The third kappa shape index (κ3) is 2.64. The minimum absolute atomic E-state index is 0.369. The second kappa shape index (κ2) is 5.61. The largest absolute Gasteiger partial charge is 0.497 e. The van der Waals surface area contributed by atoms with E-state index in [9.17, 15) is 4.39 Å². The molecule has 0 unspecified atom stereocenters. The van der Waals surface area contributed by atoms with Crippen molar-refractivity contribution in [2.45, 2.75) is 9.79 Å². The van der Waals surface area contributed by atoms with E-state index < -0.39 is 0 Å². The van der Waals surface area contributed by atoms with Gasteiger partial charge < -0.3 is 10.5 Å². The Hall–Kier alpha value is -2.27.